The van der Waals surface area contributed by atoms with Gasteiger partial charge in [-0.25, -0.2) is 4.79 Å². The molecule has 2 aliphatic rings. The van der Waals surface area contributed by atoms with Crippen LogP contribution in [0.3, 0.4) is 0 Å². The van der Waals surface area contributed by atoms with Gasteiger partial charge in [-0.1, -0.05) is 18.4 Å². The molecule has 2 aliphatic carbocycles. The number of urea groups is 1. The normalized spacial score (nSPS) is 21.7. The van der Waals surface area contributed by atoms with Gasteiger partial charge in [0, 0.05) is 12.2 Å². The molecule has 0 bridgehead atoms. The molecule has 2 amide bonds. The minimum Gasteiger partial charge on any atom is -0.335 e. The number of hydrogen-bond donors (Lipinski definition) is 2. The van der Waals surface area contributed by atoms with E-state index in [2.05, 4.69) is 10.6 Å². The van der Waals surface area contributed by atoms with Gasteiger partial charge >= 0.3 is 6.03 Å². The van der Waals surface area contributed by atoms with Crippen molar-refractivity contribution in [1.82, 2.24) is 10.6 Å². The zero-order valence-electron chi connectivity index (χ0n) is 9.22. The lowest BCUT2D eigenvalue weighted by Crippen LogP contribution is -2.38. The number of nitrogens with one attached hydrogen (secondary N) is 2. The molecule has 0 atom stereocenters. The highest BCUT2D eigenvalue weighted by atomic mass is 16.2. The van der Waals surface area contributed by atoms with Crippen molar-refractivity contribution < 1.29 is 4.79 Å². The zero-order chi connectivity index (χ0) is 10.5. The molecule has 3 heteroatoms. The van der Waals surface area contributed by atoms with Crippen molar-refractivity contribution in [2.75, 3.05) is 0 Å². The van der Waals surface area contributed by atoms with Gasteiger partial charge in [-0.3, -0.25) is 0 Å². The summed E-state index contributed by atoms with van der Waals surface area (Å²) in [6.07, 6.45) is 11.6. The molecule has 0 unspecified atom stereocenters. The van der Waals surface area contributed by atoms with Crippen molar-refractivity contribution in [2.24, 2.45) is 0 Å². The summed E-state index contributed by atoms with van der Waals surface area (Å²) in [5.74, 6) is 0. The number of carbonyl (C=O) groups is 1. The summed E-state index contributed by atoms with van der Waals surface area (Å²) in [4.78, 5) is 11.5. The fraction of sp³-hybridized carbons (Fsp3) is 0.750. The second-order valence-corrected chi connectivity index (χ2v) is 4.61. The Morgan fingerprint density at radius 2 is 1.80 bits per heavy atom. The molecule has 0 aromatic rings. The maximum absolute atomic E-state index is 11.5. The highest BCUT2D eigenvalue weighted by Crippen LogP contribution is 2.22. The molecular weight excluding hydrogens is 188 g/mol. The van der Waals surface area contributed by atoms with Crippen LogP contribution in [-0.4, -0.2) is 12.1 Å². The Kier molecular flexibility index (Phi) is 3.64. The molecule has 0 aromatic carbocycles. The Morgan fingerprint density at radius 3 is 2.47 bits per heavy atom. The van der Waals surface area contributed by atoms with Gasteiger partial charge in [0.05, 0.1) is 0 Å². The van der Waals surface area contributed by atoms with Crippen molar-refractivity contribution in [3.63, 3.8) is 0 Å². The second-order valence-electron chi connectivity index (χ2n) is 4.61. The van der Waals surface area contributed by atoms with Crippen molar-refractivity contribution in [3.05, 3.63) is 11.8 Å². The Morgan fingerprint density at radius 1 is 1.13 bits per heavy atom. The summed E-state index contributed by atoms with van der Waals surface area (Å²) < 4.78 is 0. The molecule has 0 aliphatic heterocycles. The van der Waals surface area contributed by atoms with Crippen LogP contribution >= 0.6 is 0 Å². The predicted octanol–water partition coefficient (Wildman–Crippen LogP) is 2.69. The third kappa shape index (κ3) is 3.26. The monoisotopic (exact) mass is 208 g/mol. The van der Waals surface area contributed by atoms with Crippen molar-refractivity contribution in [3.8, 4) is 0 Å². The van der Waals surface area contributed by atoms with Crippen LogP contribution in [0.2, 0.25) is 0 Å². The first-order valence-electron chi connectivity index (χ1n) is 6.09. The van der Waals surface area contributed by atoms with Crippen LogP contribution in [0.5, 0.6) is 0 Å². The lowest BCUT2D eigenvalue weighted by molar-refractivity contribution is 0.240. The van der Waals surface area contributed by atoms with E-state index in [0.717, 1.165) is 25.7 Å². The summed E-state index contributed by atoms with van der Waals surface area (Å²) in [5.41, 5.74) is 1.39. The van der Waals surface area contributed by atoms with Gasteiger partial charge in [0.2, 0.25) is 0 Å². The highest BCUT2D eigenvalue weighted by Gasteiger charge is 2.16. The summed E-state index contributed by atoms with van der Waals surface area (Å²) in [7, 11) is 0. The Labute approximate surface area is 91.3 Å². The van der Waals surface area contributed by atoms with Crippen LogP contribution in [0.4, 0.5) is 4.79 Å². The van der Waals surface area contributed by atoms with E-state index in [1.54, 1.807) is 0 Å². The van der Waals surface area contributed by atoms with E-state index in [-0.39, 0.29) is 6.03 Å². The fourth-order valence-corrected chi connectivity index (χ4v) is 2.44. The van der Waals surface area contributed by atoms with Crippen LogP contribution in [-0.2, 0) is 0 Å². The van der Waals surface area contributed by atoms with Gasteiger partial charge in [0.25, 0.3) is 0 Å². The largest absolute Gasteiger partial charge is 0.335 e. The minimum absolute atomic E-state index is 0.0266. The van der Waals surface area contributed by atoms with E-state index in [0.29, 0.717) is 6.04 Å². The van der Waals surface area contributed by atoms with E-state index in [4.69, 9.17) is 0 Å². The molecule has 3 nitrogen and oxygen atoms in total. The number of carbonyl (C=O) groups excluding carboxylic acids is 1. The smallest absolute Gasteiger partial charge is 0.318 e. The van der Waals surface area contributed by atoms with Crippen LogP contribution in [0.1, 0.15) is 51.4 Å². The predicted molar refractivity (Wildman–Crippen MR) is 60.5 cm³/mol. The van der Waals surface area contributed by atoms with E-state index >= 15 is 0 Å². The molecule has 84 valence electrons. The molecule has 2 saturated carbocycles. The lowest BCUT2D eigenvalue weighted by Gasteiger charge is -2.11. The summed E-state index contributed by atoms with van der Waals surface area (Å²) in [6.45, 7) is 0. The molecule has 2 N–H and O–H groups in total. The van der Waals surface area contributed by atoms with Crippen LogP contribution in [0, 0.1) is 0 Å². The molecule has 2 rings (SSSR count). The average Bonchev–Trinajstić information content (AvgIpc) is 2.86. The molecule has 0 heterocycles. The van der Waals surface area contributed by atoms with Gasteiger partial charge in [0.15, 0.2) is 0 Å². The van der Waals surface area contributed by atoms with Crippen molar-refractivity contribution in [1.29, 1.82) is 0 Å². The highest BCUT2D eigenvalue weighted by molar-refractivity contribution is 5.75. The quantitative estimate of drug-likeness (QED) is 0.719. The molecule has 2 fully saturated rings. The first kappa shape index (κ1) is 10.5. The van der Waals surface area contributed by atoms with Crippen LogP contribution < -0.4 is 10.6 Å². The standard InChI is InChI=1S/C12H20N2O/c15-12(14-11-7-3-4-8-11)13-9-10-5-1-2-6-10/h9,11H,1-8H2,(H2,13,14,15). The van der Waals surface area contributed by atoms with E-state index in [1.807, 2.05) is 6.20 Å². The first-order valence-corrected chi connectivity index (χ1v) is 6.09. The topological polar surface area (TPSA) is 41.1 Å². The molecule has 15 heavy (non-hydrogen) atoms. The van der Waals surface area contributed by atoms with Gasteiger partial charge < -0.3 is 10.6 Å². The summed E-state index contributed by atoms with van der Waals surface area (Å²) in [5, 5.41) is 5.85. The summed E-state index contributed by atoms with van der Waals surface area (Å²) >= 11 is 0. The third-order valence-corrected chi connectivity index (χ3v) is 3.34. The number of rotatable bonds is 2. The Balaban J connectivity index is 1.69. The first-order chi connectivity index (χ1) is 7.34. The van der Waals surface area contributed by atoms with Gasteiger partial charge in [-0.2, -0.15) is 0 Å². The Bertz CT molecular complexity index is 246. The fourth-order valence-electron chi connectivity index (χ4n) is 2.44. The molecule has 0 aromatic heterocycles. The number of amides is 2. The SMILES string of the molecule is O=C(NC=C1CCCC1)NC1CCCC1. The summed E-state index contributed by atoms with van der Waals surface area (Å²) in [6, 6.07) is 0.383. The average molecular weight is 208 g/mol. The van der Waals surface area contributed by atoms with E-state index in [1.165, 1.54) is 31.3 Å². The second kappa shape index (κ2) is 5.19. The van der Waals surface area contributed by atoms with E-state index in [9.17, 15) is 4.79 Å². The van der Waals surface area contributed by atoms with E-state index < -0.39 is 0 Å². The maximum Gasteiger partial charge on any atom is 0.318 e. The van der Waals surface area contributed by atoms with Gasteiger partial charge in [0.1, 0.15) is 0 Å². The minimum atomic E-state index is -0.0266. The number of hydrogen-bond acceptors (Lipinski definition) is 1. The third-order valence-electron chi connectivity index (χ3n) is 3.34. The molecular formula is C12H20N2O. The molecule has 0 radical (unpaired) electrons. The van der Waals surface area contributed by atoms with Crippen LogP contribution in [0.25, 0.3) is 0 Å². The van der Waals surface area contributed by atoms with Crippen LogP contribution in [0.15, 0.2) is 11.8 Å². The molecule has 0 spiro atoms. The van der Waals surface area contributed by atoms with Crippen molar-refractivity contribution >= 4 is 6.03 Å². The Hall–Kier alpha value is -0.990. The van der Waals surface area contributed by atoms with Gasteiger partial charge in [-0.15, -0.1) is 0 Å². The molecule has 0 saturated heterocycles. The zero-order valence-corrected chi connectivity index (χ0v) is 9.22. The maximum atomic E-state index is 11.5. The van der Waals surface area contributed by atoms with Crippen molar-refractivity contribution in [2.45, 2.75) is 57.4 Å². The lowest BCUT2D eigenvalue weighted by atomic mass is 10.2. The number of allylic oxidation sites excluding steroid dienone is 1. The van der Waals surface area contributed by atoms with Gasteiger partial charge in [-0.05, 0) is 38.5 Å².